The molecule has 2 heterocycles. The number of para-hydroxylation sites is 1. The van der Waals surface area contributed by atoms with Gasteiger partial charge in [0.15, 0.2) is 0 Å². The number of rotatable bonds is 8. The summed E-state index contributed by atoms with van der Waals surface area (Å²) < 4.78 is 8.43. The molecule has 2 aromatic heterocycles. The van der Waals surface area contributed by atoms with Gasteiger partial charge in [0, 0.05) is 34.5 Å². The SMILES string of the molecule is CC(C)(Cc1cc2c(OCc3ccc4ccccc4n3)cccc2n1Cc1ccc(Cl)cc1)C(=O)O. The Morgan fingerprint density at radius 1 is 1.00 bits per heavy atom. The Bertz CT molecular complexity index is 1550. The summed E-state index contributed by atoms with van der Waals surface area (Å²) in [5.41, 5.74) is 3.88. The van der Waals surface area contributed by atoms with Gasteiger partial charge in [0.2, 0.25) is 0 Å². The average molecular weight is 499 g/mol. The van der Waals surface area contributed by atoms with Crippen LogP contribution < -0.4 is 4.74 Å². The van der Waals surface area contributed by atoms with Gasteiger partial charge in [0.1, 0.15) is 12.4 Å². The van der Waals surface area contributed by atoms with Crippen molar-refractivity contribution in [3.05, 3.63) is 107 Å². The standard InChI is InChI=1S/C30H27ClN2O3/c1-30(2,29(34)35)17-24-16-25-27(33(24)18-20-10-13-22(31)14-11-20)8-5-9-28(25)36-19-23-15-12-21-6-3-4-7-26(21)32-23/h3-16H,17-19H2,1-2H3,(H,34,35). The van der Waals surface area contributed by atoms with Crippen molar-refractivity contribution in [1.82, 2.24) is 9.55 Å². The fourth-order valence-electron chi connectivity index (χ4n) is 4.41. The maximum atomic E-state index is 11.9. The van der Waals surface area contributed by atoms with Crippen molar-refractivity contribution in [1.29, 1.82) is 0 Å². The van der Waals surface area contributed by atoms with Crippen molar-refractivity contribution in [2.24, 2.45) is 5.41 Å². The highest BCUT2D eigenvalue weighted by Gasteiger charge is 2.29. The molecule has 3 aromatic carbocycles. The molecule has 0 aliphatic rings. The molecular weight excluding hydrogens is 472 g/mol. The first-order chi connectivity index (χ1) is 17.3. The number of fused-ring (bicyclic) bond motifs is 2. The van der Waals surface area contributed by atoms with Crippen LogP contribution in [-0.2, 0) is 24.4 Å². The zero-order valence-electron chi connectivity index (χ0n) is 20.2. The summed E-state index contributed by atoms with van der Waals surface area (Å²) in [6.45, 7) is 4.44. The number of benzene rings is 3. The fourth-order valence-corrected chi connectivity index (χ4v) is 4.54. The lowest BCUT2D eigenvalue weighted by Crippen LogP contribution is -2.27. The summed E-state index contributed by atoms with van der Waals surface area (Å²) in [6.07, 6.45) is 0.385. The van der Waals surface area contributed by atoms with Crippen LogP contribution in [0, 0.1) is 5.41 Å². The highest BCUT2D eigenvalue weighted by molar-refractivity contribution is 6.30. The number of aliphatic carboxylic acids is 1. The second-order valence-electron chi connectivity index (χ2n) is 9.69. The molecule has 182 valence electrons. The first kappa shape index (κ1) is 23.9. The van der Waals surface area contributed by atoms with E-state index in [9.17, 15) is 9.90 Å². The molecule has 0 saturated carbocycles. The van der Waals surface area contributed by atoms with E-state index in [1.807, 2.05) is 72.8 Å². The quantitative estimate of drug-likeness (QED) is 0.247. The monoisotopic (exact) mass is 498 g/mol. The van der Waals surface area contributed by atoms with Gasteiger partial charge >= 0.3 is 5.97 Å². The summed E-state index contributed by atoms with van der Waals surface area (Å²) in [7, 11) is 0. The highest BCUT2D eigenvalue weighted by atomic mass is 35.5. The smallest absolute Gasteiger partial charge is 0.309 e. The highest BCUT2D eigenvalue weighted by Crippen LogP contribution is 2.33. The molecule has 1 N–H and O–H groups in total. The zero-order valence-corrected chi connectivity index (χ0v) is 21.0. The van der Waals surface area contributed by atoms with Crippen LogP contribution in [0.4, 0.5) is 0 Å². The Morgan fingerprint density at radius 3 is 2.56 bits per heavy atom. The molecule has 0 spiro atoms. The van der Waals surface area contributed by atoms with E-state index >= 15 is 0 Å². The maximum Gasteiger partial charge on any atom is 0.309 e. The molecule has 0 atom stereocenters. The molecule has 0 aliphatic carbocycles. The van der Waals surface area contributed by atoms with Gasteiger partial charge in [0.25, 0.3) is 0 Å². The molecule has 0 radical (unpaired) electrons. The second kappa shape index (κ2) is 9.67. The lowest BCUT2D eigenvalue weighted by molar-refractivity contribution is -0.146. The predicted molar refractivity (Wildman–Crippen MR) is 144 cm³/mol. The van der Waals surface area contributed by atoms with Crippen LogP contribution in [0.2, 0.25) is 5.02 Å². The van der Waals surface area contributed by atoms with Crippen LogP contribution in [0.3, 0.4) is 0 Å². The van der Waals surface area contributed by atoms with E-state index in [4.69, 9.17) is 21.3 Å². The maximum absolute atomic E-state index is 11.9. The third-order valence-corrected chi connectivity index (χ3v) is 6.73. The van der Waals surface area contributed by atoms with Crippen LogP contribution >= 0.6 is 11.6 Å². The summed E-state index contributed by atoms with van der Waals surface area (Å²) >= 11 is 6.09. The molecule has 5 rings (SSSR count). The van der Waals surface area contributed by atoms with Crippen molar-refractivity contribution < 1.29 is 14.6 Å². The third kappa shape index (κ3) is 4.93. The minimum absolute atomic E-state index is 0.336. The van der Waals surface area contributed by atoms with Crippen molar-refractivity contribution in [3.63, 3.8) is 0 Å². The number of aromatic nitrogens is 2. The van der Waals surface area contributed by atoms with Crippen molar-refractivity contribution >= 4 is 39.4 Å². The van der Waals surface area contributed by atoms with Crippen molar-refractivity contribution in [2.75, 3.05) is 0 Å². The molecule has 5 aromatic rings. The number of halogens is 1. The topological polar surface area (TPSA) is 64.4 Å². The molecular formula is C30H27ClN2O3. The van der Waals surface area contributed by atoms with E-state index in [1.54, 1.807) is 13.8 Å². The largest absolute Gasteiger partial charge is 0.487 e. The number of carboxylic acid groups (broad SMARTS) is 1. The molecule has 36 heavy (non-hydrogen) atoms. The van der Waals surface area contributed by atoms with E-state index in [0.29, 0.717) is 24.6 Å². The normalized spacial score (nSPS) is 11.8. The Morgan fingerprint density at radius 2 is 1.78 bits per heavy atom. The van der Waals surface area contributed by atoms with E-state index in [2.05, 4.69) is 16.7 Å². The lowest BCUT2D eigenvalue weighted by atomic mass is 9.88. The van der Waals surface area contributed by atoms with Gasteiger partial charge < -0.3 is 14.4 Å². The van der Waals surface area contributed by atoms with E-state index in [-0.39, 0.29) is 0 Å². The third-order valence-electron chi connectivity index (χ3n) is 6.48. The van der Waals surface area contributed by atoms with Crippen LogP contribution in [0.15, 0.2) is 84.9 Å². The number of ether oxygens (including phenoxy) is 1. The van der Waals surface area contributed by atoms with Crippen molar-refractivity contribution in [3.8, 4) is 5.75 Å². The summed E-state index contributed by atoms with van der Waals surface area (Å²) in [4.78, 5) is 16.6. The molecule has 0 aliphatic heterocycles. The number of carbonyl (C=O) groups is 1. The van der Waals surface area contributed by atoms with Crippen molar-refractivity contribution in [2.45, 2.75) is 33.4 Å². The van der Waals surface area contributed by atoms with Gasteiger partial charge in [-0.05, 0) is 61.9 Å². The van der Waals surface area contributed by atoms with Crippen LogP contribution in [0.1, 0.15) is 30.8 Å². The number of pyridine rings is 1. The first-order valence-corrected chi connectivity index (χ1v) is 12.2. The molecule has 6 heteroatoms. The van der Waals surface area contributed by atoms with Gasteiger partial charge in [-0.1, -0.05) is 54.1 Å². The minimum Gasteiger partial charge on any atom is -0.487 e. The number of nitrogens with zero attached hydrogens (tertiary/aromatic N) is 2. The van der Waals surface area contributed by atoms with Gasteiger partial charge in [0.05, 0.1) is 22.1 Å². The molecule has 0 bridgehead atoms. The van der Waals surface area contributed by atoms with Gasteiger partial charge in [-0.25, -0.2) is 4.98 Å². The number of hydrogen-bond acceptors (Lipinski definition) is 3. The van der Waals surface area contributed by atoms with Gasteiger partial charge in [-0.3, -0.25) is 4.79 Å². The Balaban J connectivity index is 1.51. The molecule has 0 saturated heterocycles. The Labute approximate surface area is 214 Å². The summed E-state index contributed by atoms with van der Waals surface area (Å²) in [6, 6.07) is 27.8. The molecule has 5 nitrogen and oxygen atoms in total. The fraction of sp³-hybridized carbons (Fsp3) is 0.200. The molecule has 0 fully saturated rings. The van der Waals surface area contributed by atoms with E-state index in [1.165, 1.54) is 0 Å². The number of hydrogen-bond donors (Lipinski definition) is 1. The predicted octanol–water partition coefficient (Wildman–Crippen LogP) is 7.12. The average Bonchev–Trinajstić information content (AvgIpc) is 3.20. The van der Waals surface area contributed by atoms with E-state index in [0.717, 1.165) is 44.5 Å². The van der Waals surface area contributed by atoms with Gasteiger partial charge in [-0.15, -0.1) is 0 Å². The van der Waals surface area contributed by atoms with Crippen LogP contribution in [0.25, 0.3) is 21.8 Å². The summed E-state index contributed by atoms with van der Waals surface area (Å²) in [5, 5.41) is 12.5. The lowest BCUT2D eigenvalue weighted by Gasteiger charge is -2.20. The van der Waals surface area contributed by atoms with E-state index < -0.39 is 11.4 Å². The van der Waals surface area contributed by atoms with Crippen LogP contribution in [-0.4, -0.2) is 20.6 Å². The summed E-state index contributed by atoms with van der Waals surface area (Å²) in [5.74, 6) is -0.0867. The molecule has 0 unspecified atom stereocenters. The van der Waals surface area contributed by atoms with Crippen LogP contribution in [0.5, 0.6) is 5.75 Å². The van der Waals surface area contributed by atoms with Gasteiger partial charge in [-0.2, -0.15) is 0 Å². The first-order valence-electron chi connectivity index (χ1n) is 11.9. The molecule has 0 amide bonds. The minimum atomic E-state index is -0.915. The zero-order chi connectivity index (χ0) is 25.3. The second-order valence-corrected chi connectivity index (χ2v) is 10.1. The Hall–Kier alpha value is -3.83. The Kier molecular flexibility index (Phi) is 6.42. The number of carboxylic acids is 1.